The van der Waals surface area contributed by atoms with Gasteiger partial charge in [-0.1, -0.05) is 25.5 Å². The molecule has 1 aromatic rings. The fourth-order valence-electron chi connectivity index (χ4n) is 2.87. The van der Waals surface area contributed by atoms with E-state index in [0.29, 0.717) is 6.04 Å². The second-order valence-corrected chi connectivity index (χ2v) is 5.85. The average Bonchev–Trinajstić information content (AvgIpc) is 2.49. The van der Waals surface area contributed by atoms with E-state index in [2.05, 4.69) is 31.0 Å². The quantitative estimate of drug-likeness (QED) is 0.866. The van der Waals surface area contributed by atoms with Gasteiger partial charge in [-0.05, 0) is 57.0 Å². The fraction of sp³-hybridized carbons (Fsp3) is 0.647. The van der Waals surface area contributed by atoms with Gasteiger partial charge in [0.1, 0.15) is 5.75 Å². The number of benzene rings is 1. The number of likely N-dealkylation sites (tertiary alicyclic amines) is 1. The van der Waals surface area contributed by atoms with Crippen LogP contribution in [0.4, 0.5) is 0 Å². The molecule has 0 radical (unpaired) electrons. The van der Waals surface area contributed by atoms with Crippen molar-refractivity contribution in [2.24, 2.45) is 5.73 Å². The molecular weight excluding hydrogens is 248 g/mol. The van der Waals surface area contributed by atoms with Crippen LogP contribution in [0, 0.1) is 0 Å². The average molecular weight is 276 g/mol. The minimum atomic E-state index is 0.139. The summed E-state index contributed by atoms with van der Waals surface area (Å²) in [5.41, 5.74) is 7.20. The number of piperidine rings is 1. The predicted molar refractivity (Wildman–Crippen MR) is 84.0 cm³/mol. The van der Waals surface area contributed by atoms with Crippen LogP contribution in [-0.4, -0.2) is 31.1 Å². The van der Waals surface area contributed by atoms with Crippen LogP contribution in [0.2, 0.25) is 0 Å². The molecule has 0 bridgehead atoms. The second kappa shape index (κ2) is 7.65. The Bertz CT molecular complexity index is 390. The third-order valence-corrected chi connectivity index (χ3v) is 4.39. The Hall–Kier alpha value is -1.06. The van der Waals surface area contributed by atoms with E-state index >= 15 is 0 Å². The summed E-state index contributed by atoms with van der Waals surface area (Å²) in [4.78, 5) is 2.47. The van der Waals surface area contributed by atoms with Crippen LogP contribution >= 0.6 is 0 Å². The Morgan fingerprint density at radius 1 is 1.30 bits per heavy atom. The standard InChI is InChI=1S/C17H28N2O/c1-3-17(18)14-7-9-16(10-8-14)20-13-11-15-6-4-5-12-19(15)2/h7-10,15,17H,3-6,11-13,18H2,1-2H3/t15?,17-/m0/s1. The molecule has 1 saturated heterocycles. The molecule has 112 valence electrons. The Kier molecular flexibility index (Phi) is 5.86. The van der Waals surface area contributed by atoms with Gasteiger partial charge in [0.25, 0.3) is 0 Å². The van der Waals surface area contributed by atoms with E-state index in [9.17, 15) is 0 Å². The van der Waals surface area contributed by atoms with Gasteiger partial charge in [-0.2, -0.15) is 0 Å². The Morgan fingerprint density at radius 3 is 2.70 bits per heavy atom. The Balaban J connectivity index is 1.76. The van der Waals surface area contributed by atoms with Crippen molar-refractivity contribution in [2.75, 3.05) is 20.2 Å². The Labute approximate surface area is 123 Å². The molecule has 0 saturated carbocycles. The lowest BCUT2D eigenvalue weighted by Crippen LogP contribution is -2.37. The molecule has 0 spiro atoms. The highest BCUT2D eigenvalue weighted by Gasteiger charge is 2.18. The van der Waals surface area contributed by atoms with Crippen molar-refractivity contribution in [3.63, 3.8) is 0 Å². The van der Waals surface area contributed by atoms with Crippen LogP contribution in [0.15, 0.2) is 24.3 Å². The summed E-state index contributed by atoms with van der Waals surface area (Å²) in [5.74, 6) is 0.954. The van der Waals surface area contributed by atoms with Gasteiger partial charge in [0.05, 0.1) is 6.61 Å². The molecule has 1 heterocycles. The molecule has 2 rings (SSSR count). The first-order chi connectivity index (χ1) is 9.70. The summed E-state index contributed by atoms with van der Waals surface area (Å²) in [6.45, 7) is 4.14. The summed E-state index contributed by atoms with van der Waals surface area (Å²) in [5, 5.41) is 0. The number of nitrogens with two attached hydrogens (primary N) is 1. The van der Waals surface area contributed by atoms with Crippen molar-refractivity contribution in [3.05, 3.63) is 29.8 Å². The maximum atomic E-state index is 6.01. The smallest absolute Gasteiger partial charge is 0.119 e. The van der Waals surface area contributed by atoms with Crippen molar-refractivity contribution in [1.82, 2.24) is 4.90 Å². The van der Waals surface area contributed by atoms with Gasteiger partial charge >= 0.3 is 0 Å². The monoisotopic (exact) mass is 276 g/mol. The second-order valence-electron chi connectivity index (χ2n) is 5.85. The van der Waals surface area contributed by atoms with E-state index in [1.807, 2.05) is 12.1 Å². The van der Waals surface area contributed by atoms with Crippen molar-refractivity contribution in [3.8, 4) is 5.75 Å². The van der Waals surface area contributed by atoms with Gasteiger partial charge in [-0.15, -0.1) is 0 Å². The predicted octanol–water partition coefficient (Wildman–Crippen LogP) is 3.35. The van der Waals surface area contributed by atoms with E-state index in [0.717, 1.165) is 25.2 Å². The van der Waals surface area contributed by atoms with Gasteiger partial charge in [-0.25, -0.2) is 0 Å². The molecule has 2 atom stereocenters. The summed E-state index contributed by atoms with van der Waals surface area (Å²) in [6.07, 6.45) is 6.09. The Morgan fingerprint density at radius 2 is 2.05 bits per heavy atom. The van der Waals surface area contributed by atoms with Crippen LogP contribution in [0.1, 0.15) is 50.6 Å². The first-order valence-corrected chi connectivity index (χ1v) is 7.89. The molecule has 2 N–H and O–H groups in total. The van der Waals surface area contributed by atoms with Crippen LogP contribution in [0.25, 0.3) is 0 Å². The van der Waals surface area contributed by atoms with Gasteiger partial charge in [0.2, 0.25) is 0 Å². The third-order valence-electron chi connectivity index (χ3n) is 4.39. The first-order valence-electron chi connectivity index (χ1n) is 7.89. The third kappa shape index (κ3) is 4.22. The lowest BCUT2D eigenvalue weighted by molar-refractivity contribution is 0.153. The first kappa shape index (κ1) is 15.3. The summed E-state index contributed by atoms with van der Waals surface area (Å²) in [7, 11) is 2.23. The molecule has 0 aliphatic carbocycles. The van der Waals surface area contributed by atoms with Gasteiger partial charge in [0.15, 0.2) is 0 Å². The molecule has 3 nitrogen and oxygen atoms in total. The zero-order valence-electron chi connectivity index (χ0n) is 12.8. The maximum absolute atomic E-state index is 6.01. The molecule has 0 amide bonds. The minimum Gasteiger partial charge on any atom is -0.494 e. The van der Waals surface area contributed by atoms with Gasteiger partial charge in [0, 0.05) is 12.1 Å². The van der Waals surface area contributed by atoms with Crippen molar-refractivity contribution >= 4 is 0 Å². The topological polar surface area (TPSA) is 38.5 Å². The van der Waals surface area contributed by atoms with Crippen molar-refractivity contribution < 1.29 is 4.74 Å². The van der Waals surface area contributed by atoms with Crippen LogP contribution in [0.5, 0.6) is 5.75 Å². The largest absolute Gasteiger partial charge is 0.494 e. The van der Waals surface area contributed by atoms with Crippen LogP contribution in [0.3, 0.4) is 0 Å². The molecule has 20 heavy (non-hydrogen) atoms. The lowest BCUT2D eigenvalue weighted by Gasteiger charge is -2.32. The lowest BCUT2D eigenvalue weighted by atomic mass is 10.0. The fourth-order valence-corrected chi connectivity index (χ4v) is 2.87. The zero-order valence-corrected chi connectivity index (χ0v) is 12.8. The van der Waals surface area contributed by atoms with Crippen molar-refractivity contribution in [2.45, 2.75) is 51.1 Å². The molecule has 3 heteroatoms. The van der Waals surface area contributed by atoms with E-state index in [-0.39, 0.29) is 6.04 Å². The van der Waals surface area contributed by atoms with E-state index in [1.165, 1.54) is 31.4 Å². The molecule has 1 aromatic carbocycles. The van der Waals surface area contributed by atoms with Crippen LogP contribution < -0.4 is 10.5 Å². The minimum absolute atomic E-state index is 0.139. The molecule has 0 aromatic heterocycles. The highest BCUT2D eigenvalue weighted by Crippen LogP contribution is 2.20. The van der Waals surface area contributed by atoms with E-state index in [1.54, 1.807) is 0 Å². The number of rotatable bonds is 6. The van der Waals surface area contributed by atoms with Gasteiger partial charge in [-0.3, -0.25) is 0 Å². The summed E-state index contributed by atoms with van der Waals surface area (Å²) in [6, 6.07) is 9.06. The molecular formula is C17H28N2O. The highest BCUT2D eigenvalue weighted by atomic mass is 16.5. The highest BCUT2D eigenvalue weighted by molar-refractivity contribution is 5.28. The molecule has 1 fully saturated rings. The summed E-state index contributed by atoms with van der Waals surface area (Å²) < 4.78 is 5.86. The molecule has 1 unspecified atom stereocenters. The maximum Gasteiger partial charge on any atom is 0.119 e. The summed E-state index contributed by atoms with van der Waals surface area (Å²) >= 11 is 0. The SMILES string of the molecule is CC[C@H](N)c1ccc(OCCC2CCCCN2C)cc1. The van der Waals surface area contributed by atoms with E-state index < -0.39 is 0 Å². The number of nitrogens with zero attached hydrogens (tertiary/aromatic N) is 1. The molecule has 1 aliphatic rings. The molecule has 1 aliphatic heterocycles. The van der Waals surface area contributed by atoms with Crippen LogP contribution in [-0.2, 0) is 0 Å². The number of ether oxygens (including phenoxy) is 1. The van der Waals surface area contributed by atoms with Crippen molar-refractivity contribution in [1.29, 1.82) is 0 Å². The normalized spacial score (nSPS) is 21.6. The number of hydrogen-bond donors (Lipinski definition) is 1. The van der Waals surface area contributed by atoms with E-state index in [4.69, 9.17) is 10.5 Å². The zero-order chi connectivity index (χ0) is 14.4. The number of hydrogen-bond acceptors (Lipinski definition) is 3. The van der Waals surface area contributed by atoms with Gasteiger partial charge < -0.3 is 15.4 Å².